The molecule has 98 valence electrons. The minimum Gasteiger partial charge on any atom is -0.371 e. The second-order valence-corrected chi connectivity index (χ2v) is 5.60. The van der Waals surface area contributed by atoms with Crippen LogP contribution in [-0.4, -0.2) is 18.9 Å². The highest BCUT2D eigenvalue weighted by molar-refractivity contribution is 5.79. The summed E-state index contributed by atoms with van der Waals surface area (Å²) >= 11 is 0. The number of carbonyl (C=O) groups excluding carboxylic acids is 1. The molecule has 0 saturated heterocycles. The van der Waals surface area contributed by atoms with Crippen molar-refractivity contribution in [2.75, 3.05) is 11.9 Å². The van der Waals surface area contributed by atoms with Crippen LogP contribution in [0.3, 0.4) is 0 Å². The summed E-state index contributed by atoms with van der Waals surface area (Å²) in [6, 6.07) is 5.06. The Kier molecular flexibility index (Phi) is 3.74. The number of hydrogen-bond acceptors (Lipinski definition) is 2. The smallest absolute Gasteiger partial charge is 0.133 e. The van der Waals surface area contributed by atoms with E-state index in [2.05, 4.69) is 44.9 Å². The third-order valence-corrected chi connectivity index (χ3v) is 4.25. The van der Waals surface area contributed by atoms with E-state index in [4.69, 9.17) is 0 Å². The molecule has 1 aromatic rings. The molecular weight excluding hydrogens is 222 g/mol. The molecule has 0 aromatic heterocycles. The molecule has 1 aromatic carbocycles. The fourth-order valence-corrected chi connectivity index (χ4v) is 2.83. The highest BCUT2D eigenvalue weighted by atomic mass is 16.1. The first kappa shape index (κ1) is 13.1. The number of rotatable bonds is 2. The second-order valence-electron chi connectivity index (χ2n) is 5.60. The van der Waals surface area contributed by atoms with Crippen LogP contribution in [0.4, 0.5) is 5.69 Å². The Morgan fingerprint density at radius 1 is 1.00 bits per heavy atom. The van der Waals surface area contributed by atoms with Crippen molar-refractivity contribution < 1.29 is 4.79 Å². The van der Waals surface area contributed by atoms with Crippen molar-refractivity contribution in [2.45, 2.75) is 52.5 Å². The molecule has 0 atom stereocenters. The molecule has 0 spiro atoms. The number of carbonyl (C=O) groups is 1. The van der Waals surface area contributed by atoms with Gasteiger partial charge in [0.2, 0.25) is 0 Å². The number of nitrogens with zero attached hydrogens (tertiary/aromatic N) is 1. The van der Waals surface area contributed by atoms with Crippen molar-refractivity contribution in [3.8, 4) is 0 Å². The van der Waals surface area contributed by atoms with Gasteiger partial charge in [0.05, 0.1) is 0 Å². The molecule has 0 unspecified atom stereocenters. The van der Waals surface area contributed by atoms with Gasteiger partial charge in [0.1, 0.15) is 5.78 Å². The van der Waals surface area contributed by atoms with Crippen LogP contribution in [0.1, 0.15) is 42.4 Å². The van der Waals surface area contributed by atoms with Gasteiger partial charge in [0.25, 0.3) is 0 Å². The fraction of sp³-hybridized carbons (Fsp3) is 0.562. The Morgan fingerprint density at radius 3 is 2.17 bits per heavy atom. The van der Waals surface area contributed by atoms with Gasteiger partial charge in [-0.2, -0.15) is 0 Å². The number of ketones is 1. The summed E-state index contributed by atoms with van der Waals surface area (Å²) in [5.41, 5.74) is 5.34. The Balaban J connectivity index is 2.20. The average Bonchev–Trinajstić information content (AvgIpc) is 2.34. The number of hydrogen-bond donors (Lipinski definition) is 0. The summed E-state index contributed by atoms with van der Waals surface area (Å²) in [5.74, 6) is 0.427. The first-order chi connectivity index (χ1) is 8.49. The zero-order valence-corrected chi connectivity index (χ0v) is 11.9. The van der Waals surface area contributed by atoms with Crippen molar-refractivity contribution in [2.24, 2.45) is 0 Å². The molecule has 18 heavy (non-hydrogen) atoms. The molecular formula is C16H23NO. The molecule has 0 aliphatic heterocycles. The molecule has 1 aliphatic carbocycles. The standard InChI is InChI=1S/C16H23NO/c1-11-9-13(3)16(10-12(11)2)17(4)14-5-7-15(18)8-6-14/h9-10,14H,5-8H2,1-4H3. The van der Waals surface area contributed by atoms with Gasteiger partial charge < -0.3 is 4.90 Å². The topological polar surface area (TPSA) is 20.3 Å². The largest absolute Gasteiger partial charge is 0.371 e. The minimum absolute atomic E-state index is 0.427. The van der Waals surface area contributed by atoms with Gasteiger partial charge in [0, 0.05) is 31.6 Å². The van der Waals surface area contributed by atoms with Crippen LogP contribution in [0.15, 0.2) is 12.1 Å². The van der Waals surface area contributed by atoms with Crippen molar-refractivity contribution >= 4 is 11.5 Å². The number of anilines is 1. The SMILES string of the molecule is Cc1cc(C)c(N(C)C2CCC(=O)CC2)cc1C. The highest BCUT2D eigenvalue weighted by Crippen LogP contribution is 2.29. The van der Waals surface area contributed by atoms with Crippen LogP contribution in [-0.2, 0) is 4.79 Å². The summed E-state index contributed by atoms with van der Waals surface area (Å²) in [7, 11) is 2.16. The molecule has 0 bridgehead atoms. The molecule has 0 heterocycles. The van der Waals surface area contributed by atoms with Crippen LogP contribution < -0.4 is 4.90 Å². The third-order valence-electron chi connectivity index (χ3n) is 4.25. The van der Waals surface area contributed by atoms with Gasteiger partial charge in [0.15, 0.2) is 0 Å². The molecule has 0 amide bonds. The van der Waals surface area contributed by atoms with Crippen LogP contribution >= 0.6 is 0 Å². The summed E-state index contributed by atoms with van der Waals surface area (Å²) in [6.45, 7) is 6.49. The Labute approximate surface area is 110 Å². The normalized spacial score (nSPS) is 17.0. The predicted octanol–water partition coefficient (Wildman–Crippen LogP) is 3.56. The molecule has 2 rings (SSSR count). The predicted molar refractivity (Wildman–Crippen MR) is 76.3 cm³/mol. The van der Waals surface area contributed by atoms with Crippen molar-refractivity contribution in [1.29, 1.82) is 0 Å². The van der Waals surface area contributed by atoms with Gasteiger partial charge in [-0.05, 0) is 56.4 Å². The molecule has 2 nitrogen and oxygen atoms in total. The molecule has 0 radical (unpaired) electrons. The Hall–Kier alpha value is -1.31. The zero-order chi connectivity index (χ0) is 13.3. The second kappa shape index (κ2) is 5.13. The average molecular weight is 245 g/mol. The summed E-state index contributed by atoms with van der Waals surface area (Å²) in [6.07, 6.45) is 3.50. The summed E-state index contributed by atoms with van der Waals surface area (Å²) in [5, 5.41) is 0. The first-order valence-corrected chi connectivity index (χ1v) is 6.81. The summed E-state index contributed by atoms with van der Waals surface area (Å²) in [4.78, 5) is 13.7. The minimum atomic E-state index is 0.427. The van der Waals surface area contributed by atoms with Gasteiger partial charge in [-0.25, -0.2) is 0 Å². The van der Waals surface area contributed by atoms with E-state index in [0.29, 0.717) is 11.8 Å². The molecule has 1 saturated carbocycles. The molecule has 0 N–H and O–H groups in total. The summed E-state index contributed by atoms with van der Waals surface area (Å²) < 4.78 is 0. The van der Waals surface area contributed by atoms with Gasteiger partial charge in [-0.3, -0.25) is 4.79 Å². The Bertz CT molecular complexity index is 454. The van der Waals surface area contributed by atoms with E-state index in [-0.39, 0.29) is 0 Å². The molecule has 1 aliphatic rings. The first-order valence-electron chi connectivity index (χ1n) is 6.81. The number of Topliss-reactive ketones (excluding diaryl/α,β-unsaturated/α-hetero) is 1. The van der Waals surface area contributed by atoms with E-state index in [9.17, 15) is 4.79 Å². The molecule has 2 heteroatoms. The number of benzene rings is 1. The van der Waals surface area contributed by atoms with Crippen molar-refractivity contribution in [3.05, 3.63) is 28.8 Å². The van der Waals surface area contributed by atoms with E-state index >= 15 is 0 Å². The van der Waals surface area contributed by atoms with Crippen molar-refractivity contribution in [3.63, 3.8) is 0 Å². The molecule has 1 fully saturated rings. The van der Waals surface area contributed by atoms with E-state index in [1.165, 1.54) is 22.4 Å². The van der Waals surface area contributed by atoms with E-state index < -0.39 is 0 Å². The lowest BCUT2D eigenvalue weighted by Crippen LogP contribution is -2.35. The van der Waals surface area contributed by atoms with Crippen LogP contribution in [0, 0.1) is 20.8 Å². The monoisotopic (exact) mass is 245 g/mol. The van der Waals surface area contributed by atoms with Crippen LogP contribution in [0.2, 0.25) is 0 Å². The van der Waals surface area contributed by atoms with Crippen LogP contribution in [0.25, 0.3) is 0 Å². The van der Waals surface area contributed by atoms with Gasteiger partial charge >= 0.3 is 0 Å². The highest BCUT2D eigenvalue weighted by Gasteiger charge is 2.23. The Morgan fingerprint density at radius 2 is 1.56 bits per heavy atom. The lowest BCUT2D eigenvalue weighted by atomic mass is 9.92. The maximum absolute atomic E-state index is 11.3. The van der Waals surface area contributed by atoms with E-state index in [0.717, 1.165) is 25.7 Å². The third kappa shape index (κ3) is 2.58. The van der Waals surface area contributed by atoms with E-state index in [1.807, 2.05) is 0 Å². The maximum atomic E-state index is 11.3. The fourth-order valence-electron chi connectivity index (χ4n) is 2.83. The number of aryl methyl sites for hydroxylation is 3. The van der Waals surface area contributed by atoms with Crippen LogP contribution in [0.5, 0.6) is 0 Å². The lowest BCUT2D eigenvalue weighted by molar-refractivity contribution is -0.120. The van der Waals surface area contributed by atoms with Crippen molar-refractivity contribution in [1.82, 2.24) is 0 Å². The van der Waals surface area contributed by atoms with Gasteiger partial charge in [-0.15, -0.1) is 0 Å². The maximum Gasteiger partial charge on any atom is 0.133 e. The lowest BCUT2D eigenvalue weighted by Gasteiger charge is -2.34. The van der Waals surface area contributed by atoms with E-state index in [1.54, 1.807) is 0 Å². The zero-order valence-electron chi connectivity index (χ0n) is 11.9. The quantitative estimate of drug-likeness (QED) is 0.794. The van der Waals surface area contributed by atoms with Gasteiger partial charge in [-0.1, -0.05) is 6.07 Å².